The number of amides is 1. The van der Waals surface area contributed by atoms with E-state index < -0.39 is 5.97 Å². The van der Waals surface area contributed by atoms with Crippen LogP contribution in [0.3, 0.4) is 0 Å². The number of carbonyl (C=O) groups is 2. The van der Waals surface area contributed by atoms with Crippen LogP contribution in [0.4, 0.5) is 0 Å². The van der Waals surface area contributed by atoms with Gasteiger partial charge < -0.3 is 10.4 Å². The van der Waals surface area contributed by atoms with Crippen LogP contribution in [-0.2, 0) is 4.79 Å². The van der Waals surface area contributed by atoms with Crippen molar-refractivity contribution in [2.45, 2.75) is 44.6 Å². The first kappa shape index (κ1) is 20.9. The minimum Gasteiger partial charge on any atom is -0.481 e. The quantitative estimate of drug-likeness (QED) is 0.772. The Bertz CT molecular complexity index is 742. The van der Waals surface area contributed by atoms with E-state index in [-0.39, 0.29) is 30.8 Å². The van der Waals surface area contributed by atoms with Gasteiger partial charge in [-0.1, -0.05) is 12.1 Å². The van der Waals surface area contributed by atoms with E-state index in [4.69, 9.17) is 5.11 Å². The molecule has 5 nitrogen and oxygen atoms in total. The van der Waals surface area contributed by atoms with Gasteiger partial charge in [0, 0.05) is 30.4 Å². The molecule has 1 amide bonds. The highest BCUT2D eigenvalue weighted by molar-refractivity contribution is 5.94. The third-order valence-electron chi connectivity index (χ3n) is 5.11. The molecule has 0 aliphatic heterocycles. The molecule has 0 radical (unpaired) electrons. The van der Waals surface area contributed by atoms with Crippen LogP contribution < -0.4 is 5.32 Å². The van der Waals surface area contributed by atoms with Crippen molar-refractivity contribution in [2.24, 2.45) is 5.92 Å². The molecule has 0 saturated heterocycles. The highest BCUT2D eigenvalue weighted by atomic mass is 35.5. The molecule has 1 aromatic heterocycles. The molecule has 1 aliphatic rings. The minimum atomic E-state index is -0.726. The Labute approximate surface area is 165 Å². The number of carbonyl (C=O) groups excluding carboxylic acids is 1. The zero-order chi connectivity index (χ0) is 18.4. The topological polar surface area (TPSA) is 79.3 Å². The van der Waals surface area contributed by atoms with Crippen LogP contribution in [0.5, 0.6) is 0 Å². The third kappa shape index (κ3) is 6.07. The number of carboxylic acids is 1. The minimum absolute atomic E-state index is 0. The normalized spacial score (nSPS) is 19.0. The van der Waals surface area contributed by atoms with Gasteiger partial charge in [0.1, 0.15) is 0 Å². The van der Waals surface area contributed by atoms with Crippen LogP contribution in [0.25, 0.3) is 11.1 Å². The van der Waals surface area contributed by atoms with Crippen molar-refractivity contribution in [1.29, 1.82) is 0 Å². The van der Waals surface area contributed by atoms with E-state index in [0.717, 1.165) is 43.2 Å². The lowest BCUT2D eigenvalue weighted by molar-refractivity contribution is -0.137. The first-order valence-corrected chi connectivity index (χ1v) is 9.15. The van der Waals surface area contributed by atoms with Crippen molar-refractivity contribution in [3.63, 3.8) is 0 Å². The summed E-state index contributed by atoms with van der Waals surface area (Å²) in [7, 11) is 0. The Morgan fingerprint density at radius 3 is 2.15 bits per heavy atom. The molecule has 1 heterocycles. The first-order chi connectivity index (χ1) is 12.6. The number of hydrogen-bond acceptors (Lipinski definition) is 3. The molecule has 1 aliphatic carbocycles. The molecule has 1 fully saturated rings. The Morgan fingerprint density at radius 1 is 0.963 bits per heavy atom. The molecule has 1 aromatic carbocycles. The average molecular weight is 389 g/mol. The third-order valence-corrected chi connectivity index (χ3v) is 5.11. The fourth-order valence-corrected chi connectivity index (χ4v) is 3.55. The maximum Gasteiger partial charge on any atom is 0.303 e. The lowest BCUT2D eigenvalue weighted by atomic mass is 9.83. The summed E-state index contributed by atoms with van der Waals surface area (Å²) >= 11 is 0. The number of aromatic nitrogens is 1. The largest absolute Gasteiger partial charge is 0.481 e. The van der Waals surface area contributed by atoms with E-state index in [1.807, 2.05) is 36.4 Å². The second kappa shape index (κ2) is 10.1. The Morgan fingerprint density at radius 2 is 1.56 bits per heavy atom. The van der Waals surface area contributed by atoms with Gasteiger partial charge in [-0.25, -0.2) is 0 Å². The molecule has 0 spiro atoms. The summed E-state index contributed by atoms with van der Waals surface area (Å²) in [4.78, 5) is 27.1. The van der Waals surface area contributed by atoms with Gasteiger partial charge in [-0.2, -0.15) is 0 Å². The first-order valence-electron chi connectivity index (χ1n) is 9.15. The van der Waals surface area contributed by atoms with Gasteiger partial charge >= 0.3 is 5.97 Å². The Kier molecular flexibility index (Phi) is 7.80. The van der Waals surface area contributed by atoms with Gasteiger partial charge in [0.2, 0.25) is 0 Å². The number of hydrogen-bond donors (Lipinski definition) is 2. The number of halogens is 1. The van der Waals surface area contributed by atoms with Crippen LogP contribution in [-0.4, -0.2) is 28.0 Å². The Hall–Kier alpha value is -2.40. The molecule has 0 unspecified atom stereocenters. The van der Waals surface area contributed by atoms with Gasteiger partial charge in [0.15, 0.2) is 0 Å². The van der Waals surface area contributed by atoms with Crippen LogP contribution >= 0.6 is 12.4 Å². The van der Waals surface area contributed by atoms with Gasteiger partial charge in [-0.15, -0.1) is 12.4 Å². The van der Waals surface area contributed by atoms with E-state index >= 15 is 0 Å². The van der Waals surface area contributed by atoms with Crippen molar-refractivity contribution < 1.29 is 14.7 Å². The average Bonchev–Trinajstić information content (AvgIpc) is 2.68. The monoisotopic (exact) mass is 388 g/mol. The van der Waals surface area contributed by atoms with E-state index in [1.165, 1.54) is 0 Å². The number of nitrogens with one attached hydrogen (secondary N) is 1. The lowest BCUT2D eigenvalue weighted by Gasteiger charge is -2.28. The van der Waals surface area contributed by atoms with E-state index in [9.17, 15) is 9.59 Å². The Balaban J connectivity index is 0.00000261. The molecule has 2 aromatic rings. The van der Waals surface area contributed by atoms with Gasteiger partial charge in [0.05, 0.1) is 0 Å². The molecule has 1 saturated carbocycles. The summed E-state index contributed by atoms with van der Waals surface area (Å²) < 4.78 is 0. The van der Waals surface area contributed by atoms with Gasteiger partial charge in [0.25, 0.3) is 5.91 Å². The highest BCUT2D eigenvalue weighted by Crippen LogP contribution is 2.28. The molecule has 6 heteroatoms. The van der Waals surface area contributed by atoms with Crippen molar-refractivity contribution in [2.75, 3.05) is 0 Å². The van der Waals surface area contributed by atoms with E-state index in [1.54, 1.807) is 12.4 Å². The second-order valence-corrected chi connectivity index (χ2v) is 6.94. The SMILES string of the molecule is Cl.O=C(O)CCC1CCC(NC(=O)c2ccc(-c3ccncc3)cc2)CC1. The van der Waals surface area contributed by atoms with Gasteiger partial charge in [-0.05, 0) is 73.4 Å². The second-order valence-electron chi connectivity index (χ2n) is 6.94. The number of aliphatic carboxylic acids is 1. The molecule has 27 heavy (non-hydrogen) atoms. The summed E-state index contributed by atoms with van der Waals surface area (Å²) in [5.41, 5.74) is 2.80. The predicted octanol–water partition coefficient (Wildman–Crippen LogP) is 4.32. The smallest absolute Gasteiger partial charge is 0.303 e. The number of carboxylic acid groups (broad SMARTS) is 1. The summed E-state index contributed by atoms with van der Waals surface area (Å²) in [5.74, 6) is -0.296. The zero-order valence-corrected chi connectivity index (χ0v) is 16.0. The van der Waals surface area contributed by atoms with E-state index in [2.05, 4.69) is 10.3 Å². The summed E-state index contributed by atoms with van der Waals surface area (Å²) in [6, 6.07) is 11.7. The predicted molar refractivity (Wildman–Crippen MR) is 107 cm³/mol. The molecule has 144 valence electrons. The molecular formula is C21H25ClN2O3. The van der Waals surface area contributed by atoms with Crippen molar-refractivity contribution in [3.05, 3.63) is 54.4 Å². The van der Waals surface area contributed by atoms with Crippen molar-refractivity contribution >= 4 is 24.3 Å². The summed E-state index contributed by atoms with van der Waals surface area (Å²) in [6.07, 6.45) is 8.30. The van der Waals surface area contributed by atoms with Gasteiger partial charge in [-0.3, -0.25) is 14.6 Å². The number of rotatable bonds is 6. The summed E-state index contributed by atoms with van der Waals surface area (Å²) in [5, 5.41) is 11.9. The van der Waals surface area contributed by atoms with E-state index in [0.29, 0.717) is 11.5 Å². The van der Waals surface area contributed by atoms with Crippen LogP contribution in [0.2, 0.25) is 0 Å². The number of benzene rings is 1. The van der Waals surface area contributed by atoms with Crippen molar-refractivity contribution in [3.8, 4) is 11.1 Å². The molecule has 3 rings (SSSR count). The zero-order valence-electron chi connectivity index (χ0n) is 15.1. The lowest BCUT2D eigenvalue weighted by Crippen LogP contribution is -2.37. The summed E-state index contributed by atoms with van der Waals surface area (Å²) in [6.45, 7) is 0. The molecule has 0 atom stereocenters. The van der Waals surface area contributed by atoms with Crippen LogP contribution in [0.1, 0.15) is 48.9 Å². The standard InChI is InChI=1S/C21H24N2O3.ClH/c24-20(25)10-3-15-1-8-19(9-2-15)23-21(26)18-6-4-16(5-7-18)17-11-13-22-14-12-17;/h4-7,11-15,19H,1-3,8-10H2,(H,23,26)(H,24,25);1H. The van der Waals surface area contributed by atoms with Crippen LogP contribution in [0.15, 0.2) is 48.8 Å². The van der Waals surface area contributed by atoms with Crippen LogP contribution in [0, 0.1) is 5.92 Å². The number of nitrogens with zero attached hydrogens (tertiary/aromatic N) is 1. The molecular weight excluding hydrogens is 364 g/mol. The maximum atomic E-state index is 12.5. The molecule has 2 N–H and O–H groups in total. The van der Waals surface area contributed by atoms with Crippen molar-refractivity contribution in [1.82, 2.24) is 10.3 Å². The highest BCUT2D eigenvalue weighted by Gasteiger charge is 2.23. The fourth-order valence-electron chi connectivity index (χ4n) is 3.55. The maximum absolute atomic E-state index is 12.5. The fraction of sp³-hybridized carbons (Fsp3) is 0.381. The number of pyridine rings is 1. The molecule has 0 bridgehead atoms.